The van der Waals surface area contributed by atoms with Gasteiger partial charge in [-0.2, -0.15) is 5.26 Å². The third kappa shape index (κ3) is 2.43. The molecule has 2 atom stereocenters. The minimum Gasteiger partial charge on any atom is -0.365 e. The molecule has 0 radical (unpaired) electrons. The molecule has 4 heteroatoms. The molecule has 3 rings (SSSR count). The summed E-state index contributed by atoms with van der Waals surface area (Å²) in [5, 5.41) is 12.7. The molecule has 2 aliphatic rings. The van der Waals surface area contributed by atoms with Crippen LogP contribution in [-0.4, -0.2) is 17.1 Å². The zero-order chi connectivity index (χ0) is 13.2. The minimum absolute atomic E-state index is 0.176. The summed E-state index contributed by atoms with van der Waals surface area (Å²) in [4.78, 5) is 4.66. The lowest BCUT2D eigenvalue weighted by atomic mass is 9.91. The number of aryl methyl sites for hydroxylation is 2. The predicted molar refractivity (Wildman–Crippen MR) is 74.8 cm³/mol. The van der Waals surface area contributed by atoms with E-state index in [0.717, 1.165) is 43.6 Å². The molecular formula is C15H20N4. The van der Waals surface area contributed by atoms with Crippen LogP contribution in [0.1, 0.15) is 48.9 Å². The lowest BCUT2D eigenvalue weighted by molar-refractivity contribution is 0.403. The Bertz CT molecular complexity index is 518. The van der Waals surface area contributed by atoms with Crippen LogP contribution in [0.5, 0.6) is 0 Å². The molecule has 1 heterocycles. The van der Waals surface area contributed by atoms with Gasteiger partial charge >= 0.3 is 0 Å². The average Bonchev–Trinajstić information content (AvgIpc) is 2.87. The number of aromatic nitrogens is 1. The second-order valence-electron chi connectivity index (χ2n) is 5.65. The van der Waals surface area contributed by atoms with Crippen molar-refractivity contribution in [3.63, 3.8) is 0 Å². The fourth-order valence-corrected chi connectivity index (χ4v) is 3.18. The molecule has 4 nitrogen and oxygen atoms in total. The normalized spacial score (nSPS) is 25.7. The molecule has 1 saturated carbocycles. The first-order valence-electron chi connectivity index (χ1n) is 7.23. The fraction of sp³-hybridized carbons (Fsp3) is 0.600. The molecule has 19 heavy (non-hydrogen) atoms. The standard InChI is InChI=1S/C15H20N4/c16-9-11-8-10-4-3-7-13(10)18-15(11)19-14-6-2-1-5-12(14)17/h8,12,14H,1-7,17H2,(H,18,19)/t12-,14-/m1/s1. The van der Waals surface area contributed by atoms with Gasteiger partial charge in [-0.25, -0.2) is 4.98 Å². The van der Waals surface area contributed by atoms with Crippen molar-refractivity contribution in [2.24, 2.45) is 5.73 Å². The highest BCUT2D eigenvalue weighted by molar-refractivity contribution is 5.55. The van der Waals surface area contributed by atoms with Crippen LogP contribution in [0.25, 0.3) is 0 Å². The predicted octanol–water partition coefficient (Wildman–Crippen LogP) is 2.12. The van der Waals surface area contributed by atoms with Crippen molar-refractivity contribution in [2.75, 3.05) is 5.32 Å². The smallest absolute Gasteiger partial charge is 0.144 e. The highest BCUT2D eigenvalue weighted by Crippen LogP contribution is 2.27. The van der Waals surface area contributed by atoms with Gasteiger partial charge in [-0.3, -0.25) is 0 Å². The monoisotopic (exact) mass is 256 g/mol. The molecule has 100 valence electrons. The Morgan fingerprint density at radius 3 is 2.89 bits per heavy atom. The topological polar surface area (TPSA) is 74.7 Å². The Morgan fingerprint density at radius 1 is 1.26 bits per heavy atom. The highest BCUT2D eigenvalue weighted by atomic mass is 15.0. The van der Waals surface area contributed by atoms with Crippen molar-refractivity contribution < 1.29 is 0 Å². The number of hydrogen-bond acceptors (Lipinski definition) is 4. The number of rotatable bonds is 2. The van der Waals surface area contributed by atoms with E-state index in [-0.39, 0.29) is 12.1 Å². The van der Waals surface area contributed by atoms with Crippen LogP contribution < -0.4 is 11.1 Å². The molecule has 0 bridgehead atoms. The fourth-order valence-electron chi connectivity index (χ4n) is 3.18. The molecule has 0 unspecified atom stereocenters. The molecule has 3 N–H and O–H groups in total. The van der Waals surface area contributed by atoms with Crippen LogP contribution in [0.2, 0.25) is 0 Å². The highest BCUT2D eigenvalue weighted by Gasteiger charge is 2.24. The summed E-state index contributed by atoms with van der Waals surface area (Å²) in [7, 11) is 0. The van der Waals surface area contributed by atoms with Crippen molar-refractivity contribution >= 4 is 5.82 Å². The zero-order valence-corrected chi connectivity index (χ0v) is 11.2. The first-order chi connectivity index (χ1) is 9.28. The molecule has 1 aromatic heterocycles. The summed E-state index contributed by atoms with van der Waals surface area (Å²) < 4.78 is 0. The van der Waals surface area contributed by atoms with Crippen LogP contribution in [0.15, 0.2) is 6.07 Å². The van der Waals surface area contributed by atoms with Crippen LogP contribution >= 0.6 is 0 Å². The number of nitrogens with zero attached hydrogens (tertiary/aromatic N) is 2. The molecule has 0 spiro atoms. The maximum Gasteiger partial charge on any atom is 0.144 e. The minimum atomic E-state index is 0.176. The lowest BCUT2D eigenvalue weighted by Crippen LogP contribution is -2.43. The van der Waals surface area contributed by atoms with E-state index in [1.165, 1.54) is 18.4 Å². The van der Waals surface area contributed by atoms with E-state index < -0.39 is 0 Å². The maximum absolute atomic E-state index is 9.28. The first kappa shape index (κ1) is 12.4. The Balaban J connectivity index is 1.85. The summed E-state index contributed by atoms with van der Waals surface area (Å²) in [5.74, 6) is 0.741. The Morgan fingerprint density at radius 2 is 2.11 bits per heavy atom. The molecule has 0 amide bonds. The Labute approximate surface area is 114 Å². The average molecular weight is 256 g/mol. The van der Waals surface area contributed by atoms with Crippen LogP contribution in [-0.2, 0) is 12.8 Å². The van der Waals surface area contributed by atoms with Crippen LogP contribution in [0.4, 0.5) is 5.82 Å². The van der Waals surface area contributed by atoms with E-state index in [1.807, 2.05) is 6.07 Å². The summed E-state index contributed by atoms with van der Waals surface area (Å²) in [6.45, 7) is 0. The summed E-state index contributed by atoms with van der Waals surface area (Å²) in [5.41, 5.74) is 9.23. The summed E-state index contributed by atoms with van der Waals surface area (Å²) >= 11 is 0. The van der Waals surface area contributed by atoms with Gasteiger partial charge in [0.2, 0.25) is 0 Å². The van der Waals surface area contributed by atoms with E-state index in [2.05, 4.69) is 16.4 Å². The second kappa shape index (κ2) is 5.18. The molecule has 2 aliphatic carbocycles. The number of nitriles is 1. The second-order valence-corrected chi connectivity index (χ2v) is 5.65. The maximum atomic E-state index is 9.28. The van der Waals surface area contributed by atoms with Gasteiger partial charge in [-0.1, -0.05) is 12.8 Å². The van der Waals surface area contributed by atoms with E-state index in [9.17, 15) is 5.26 Å². The Hall–Kier alpha value is -1.60. The molecule has 1 fully saturated rings. The Kier molecular flexibility index (Phi) is 3.39. The quantitative estimate of drug-likeness (QED) is 0.850. The molecule has 0 aliphatic heterocycles. The third-order valence-corrected chi connectivity index (χ3v) is 4.31. The number of pyridine rings is 1. The van der Waals surface area contributed by atoms with Gasteiger partial charge < -0.3 is 11.1 Å². The molecule has 1 aromatic rings. The zero-order valence-electron chi connectivity index (χ0n) is 11.2. The summed E-state index contributed by atoms with van der Waals surface area (Å²) in [6, 6.07) is 4.70. The van der Waals surface area contributed by atoms with Crippen molar-refractivity contribution in [2.45, 2.75) is 57.0 Å². The van der Waals surface area contributed by atoms with Gasteiger partial charge in [-0.05, 0) is 43.7 Å². The molecule has 0 aromatic carbocycles. The molecule has 0 saturated heterocycles. The lowest BCUT2D eigenvalue weighted by Gasteiger charge is -2.30. The van der Waals surface area contributed by atoms with Crippen LogP contribution in [0.3, 0.4) is 0 Å². The van der Waals surface area contributed by atoms with Crippen LogP contribution in [0, 0.1) is 11.3 Å². The number of nitrogens with two attached hydrogens (primary N) is 1. The SMILES string of the molecule is N#Cc1cc2c(nc1N[C@@H]1CCCC[C@H]1N)CCC2. The van der Waals surface area contributed by atoms with Gasteiger partial charge in [0.25, 0.3) is 0 Å². The van der Waals surface area contributed by atoms with E-state index in [4.69, 9.17) is 5.73 Å². The van der Waals surface area contributed by atoms with Gasteiger partial charge in [0.1, 0.15) is 11.9 Å². The number of nitrogens with one attached hydrogen (secondary N) is 1. The van der Waals surface area contributed by atoms with E-state index in [1.54, 1.807) is 0 Å². The molecular weight excluding hydrogens is 236 g/mol. The van der Waals surface area contributed by atoms with Crippen molar-refractivity contribution in [1.82, 2.24) is 4.98 Å². The van der Waals surface area contributed by atoms with Crippen molar-refractivity contribution in [3.8, 4) is 6.07 Å². The van der Waals surface area contributed by atoms with Gasteiger partial charge in [0.15, 0.2) is 0 Å². The number of anilines is 1. The van der Waals surface area contributed by atoms with Gasteiger partial charge in [-0.15, -0.1) is 0 Å². The largest absolute Gasteiger partial charge is 0.365 e. The van der Waals surface area contributed by atoms with Gasteiger partial charge in [0, 0.05) is 17.8 Å². The van der Waals surface area contributed by atoms with Crippen molar-refractivity contribution in [3.05, 3.63) is 22.9 Å². The number of hydrogen-bond donors (Lipinski definition) is 2. The first-order valence-corrected chi connectivity index (χ1v) is 7.23. The van der Waals surface area contributed by atoms with Gasteiger partial charge in [0.05, 0.1) is 5.56 Å². The number of fused-ring (bicyclic) bond motifs is 1. The van der Waals surface area contributed by atoms with E-state index >= 15 is 0 Å². The summed E-state index contributed by atoms with van der Waals surface area (Å²) in [6.07, 6.45) is 7.79. The van der Waals surface area contributed by atoms with E-state index in [0.29, 0.717) is 5.56 Å². The van der Waals surface area contributed by atoms with Crippen molar-refractivity contribution in [1.29, 1.82) is 5.26 Å². The third-order valence-electron chi connectivity index (χ3n) is 4.31.